The Hall–Kier alpha value is -0.160. The molecule has 0 fully saturated rings. The first-order valence-electron chi connectivity index (χ1n) is 4.28. The van der Waals surface area contributed by atoms with Gasteiger partial charge in [-0.3, -0.25) is 0 Å². The highest BCUT2D eigenvalue weighted by molar-refractivity contribution is 4.52. The van der Waals surface area contributed by atoms with Gasteiger partial charge in [0.05, 0.1) is 25.9 Å². The van der Waals surface area contributed by atoms with Gasteiger partial charge in [-0.1, -0.05) is 0 Å². The van der Waals surface area contributed by atoms with Gasteiger partial charge in [-0.05, 0) is 19.3 Å². The standard InChI is InChI=1S/C8H18O4/c9-4-6-12-5-2-1-3-8(11)7-10/h8-11H,1-7H2. The van der Waals surface area contributed by atoms with Gasteiger partial charge >= 0.3 is 0 Å². The Labute approximate surface area is 72.8 Å². The molecule has 0 radical (unpaired) electrons. The van der Waals surface area contributed by atoms with Crippen molar-refractivity contribution < 1.29 is 20.1 Å². The molecule has 0 aromatic carbocycles. The minimum atomic E-state index is -0.595. The second-order valence-electron chi connectivity index (χ2n) is 2.67. The topological polar surface area (TPSA) is 69.9 Å². The van der Waals surface area contributed by atoms with Crippen molar-refractivity contribution in [3.05, 3.63) is 0 Å². The summed E-state index contributed by atoms with van der Waals surface area (Å²) in [6.07, 6.45) is 1.71. The zero-order chi connectivity index (χ0) is 9.23. The molecule has 0 saturated carbocycles. The maximum absolute atomic E-state index is 8.93. The van der Waals surface area contributed by atoms with Crippen LogP contribution in [0, 0.1) is 0 Å². The van der Waals surface area contributed by atoms with Gasteiger partial charge in [0.2, 0.25) is 0 Å². The van der Waals surface area contributed by atoms with Crippen molar-refractivity contribution in [1.82, 2.24) is 0 Å². The third-order valence-electron chi connectivity index (χ3n) is 1.52. The highest BCUT2D eigenvalue weighted by atomic mass is 16.5. The van der Waals surface area contributed by atoms with Crippen LogP contribution < -0.4 is 0 Å². The highest BCUT2D eigenvalue weighted by Crippen LogP contribution is 2.00. The van der Waals surface area contributed by atoms with Crippen molar-refractivity contribution in [2.24, 2.45) is 0 Å². The van der Waals surface area contributed by atoms with Crippen LogP contribution in [0.5, 0.6) is 0 Å². The predicted molar refractivity (Wildman–Crippen MR) is 44.8 cm³/mol. The Kier molecular flexibility index (Phi) is 8.81. The Bertz CT molecular complexity index is 87.1. The molecule has 0 aliphatic rings. The summed E-state index contributed by atoms with van der Waals surface area (Å²) in [5.74, 6) is 0. The third kappa shape index (κ3) is 7.94. The molecular weight excluding hydrogens is 160 g/mol. The average Bonchev–Trinajstić information content (AvgIpc) is 2.10. The number of ether oxygens (including phenoxy) is 1. The summed E-state index contributed by atoms with van der Waals surface area (Å²) in [5, 5.41) is 25.7. The van der Waals surface area contributed by atoms with E-state index in [4.69, 9.17) is 20.1 Å². The molecule has 0 aliphatic heterocycles. The lowest BCUT2D eigenvalue weighted by Crippen LogP contribution is -2.11. The van der Waals surface area contributed by atoms with E-state index < -0.39 is 6.10 Å². The largest absolute Gasteiger partial charge is 0.394 e. The second-order valence-corrected chi connectivity index (χ2v) is 2.67. The fraction of sp³-hybridized carbons (Fsp3) is 1.00. The predicted octanol–water partition coefficient (Wildman–Crippen LogP) is -0.481. The summed E-state index contributed by atoms with van der Waals surface area (Å²) < 4.78 is 5.00. The van der Waals surface area contributed by atoms with Crippen LogP contribution in [0.1, 0.15) is 19.3 Å². The first kappa shape index (κ1) is 11.8. The zero-order valence-corrected chi connectivity index (χ0v) is 7.28. The van der Waals surface area contributed by atoms with E-state index in [0.29, 0.717) is 19.6 Å². The Morgan fingerprint density at radius 2 is 1.83 bits per heavy atom. The molecule has 1 unspecified atom stereocenters. The van der Waals surface area contributed by atoms with Crippen LogP contribution in [-0.2, 0) is 4.74 Å². The van der Waals surface area contributed by atoms with Gasteiger partial charge in [-0.2, -0.15) is 0 Å². The summed E-state index contributed by atoms with van der Waals surface area (Å²) in [6.45, 7) is 0.873. The second kappa shape index (κ2) is 8.93. The van der Waals surface area contributed by atoms with Gasteiger partial charge in [0.25, 0.3) is 0 Å². The van der Waals surface area contributed by atoms with Crippen molar-refractivity contribution in [3.8, 4) is 0 Å². The van der Waals surface area contributed by atoms with Gasteiger partial charge in [0, 0.05) is 6.61 Å². The van der Waals surface area contributed by atoms with Gasteiger partial charge in [-0.15, -0.1) is 0 Å². The fourth-order valence-electron chi connectivity index (χ4n) is 0.842. The number of rotatable bonds is 8. The molecule has 0 amide bonds. The minimum Gasteiger partial charge on any atom is -0.394 e. The summed E-state index contributed by atoms with van der Waals surface area (Å²) in [4.78, 5) is 0. The smallest absolute Gasteiger partial charge is 0.0771 e. The van der Waals surface area contributed by atoms with Crippen molar-refractivity contribution in [2.45, 2.75) is 25.4 Å². The Morgan fingerprint density at radius 3 is 2.42 bits per heavy atom. The first-order valence-corrected chi connectivity index (χ1v) is 4.28. The van der Waals surface area contributed by atoms with E-state index in [1.807, 2.05) is 0 Å². The van der Waals surface area contributed by atoms with Crippen LogP contribution in [0.2, 0.25) is 0 Å². The van der Waals surface area contributed by atoms with E-state index in [1.165, 1.54) is 0 Å². The Morgan fingerprint density at radius 1 is 1.08 bits per heavy atom. The quantitative estimate of drug-likeness (QED) is 0.439. The van der Waals surface area contributed by atoms with E-state index in [9.17, 15) is 0 Å². The normalized spacial score (nSPS) is 13.2. The SMILES string of the molecule is OCCOCCCCC(O)CO. The number of hydrogen-bond acceptors (Lipinski definition) is 4. The summed E-state index contributed by atoms with van der Waals surface area (Å²) >= 11 is 0. The van der Waals surface area contributed by atoms with Crippen molar-refractivity contribution in [3.63, 3.8) is 0 Å². The molecule has 0 spiro atoms. The number of aliphatic hydroxyl groups is 3. The minimum absolute atomic E-state index is 0.0548. The maximum atomic E-state index is 8.93. The monoisotopic (exact) mass is 178 g/mol. The number of aliphatic hydroxyl groups excluding tert-OH is 3. The average molecular weight is 178 g/mol. The third-order valence-corrected chi connectivity index (χ3v) is 1.52. The van der Waals surface area contributed by atoms with Crippen LogP contribution >= 0.6 is 0 Å². The van der Waals surface area contributed by atoms with Crippen LogP contribution in [-0.4, -0.2) is 47.9 Å². The molecular formula is C8H18O4. The number of hydrogen-bond donors (Lipinski definition) is 3. The molecule has 0 heterocycles. The van der Waals surface area contributed by atoms with Crippen LogP contribution in [0.15, 0.2) is 0 Å². The molecule has 4 heteroatoms. The molecule has 12 heavy (non-hydrogen) atoms. The summed E-state index contributed by atoms with van der Waals surface area (Å²) in [6, 6.07) is 0. The molecule has 1 atom stereocenters. The maximum Gasteiger partial charge on any atom is 0.0771 e. The van der Waals surface area contributed by atoms with Gasteiger partial charge in [-0.25, -0.2) is 0 Å². The van der Waals surface area contributed by atoms with Crippen LogP contribution in [0.25, 0.3) is 0 Å². The molecule has 0 rings (SSSR count). The van der Waals surface area contributed by atoms with Gasteiger partial charge in [0.1, 0.15) is 0 Å². The van der Waals surface area contributed by atoms with Crippen molar-refractivity contribution >= 4 is 0 Å². The Balaban J connectivity index is 2.90. The highest BCUT2D eigenvalue weighted by Gasteiger charge is 2.00. The summed E-state index contributed by atoms with van der Waals surface area (Å²) in [7, 11) is 0. The van der Waals surface area contributed by atoms with E-state index >= 15 is 0 Å². The fourth-order valence-corrected chi connectivity index (χ4v) is 0.842. The number of unbranched alkanes of at least 4 members (excludes halogenated alkanes) is 1. The first-order chi connectivity index (χ1) is 5.81. The lowest BCUT2D eigenvalue weighted by molar-refractivity contribution is 0.0727. The lowest BCUT2D eigenvalue weighted by Gasteiger charge is -2.06. The molecule has 0 aliphatic carbocycles. The molecule has 74 valence electrons. The van der Waals surface area contributed by atoms with Crippen LogP contribution in [0.4, 0.5) is 0 Å². The van der Waals surface area contributed by atoms with Crippen molar-refractivity contribution in [1.29, 1.82) is 0 Å². The molecule has 0 aromatic heterocycles. The van der Waals surface area contributed by atoms with E-state index in [2.05, 4.69) is 0 Å². The molecule has 0 bridgehead atoms. The molecule has 0 saturated heterocycles. The van der Waals surface area contributed by atoms with E-state index in [1.54, 1.807) is 0 Å². The van der Waals surface area contributed by atoms with Crippen molar-refractivity contribution in [2.75, 3.05) is 26.4 Å². The molecule has 0 aromatic rings. The summed E-state index contributed by atoms with van der Waals surface area (Å²) in [5.41, 5.74) is 0. The lowest BCUT2D eigenvalue weighted by atomic mass is 10.2. The molecule has 3 N–H and O–H groups in total. The van der Waals surface area contributed by atoms with E-state index in [0.717, 1.165) is 12.8 Å². The van der Waals surface area contributed by atoms with Crippen LogP contribution in [0.3, 0.4) is 0 Å². The van der Waals surface area contributed by atoms with E-state index in [-0.39, 0.29) is 13.2 Å². The van der Waals surface area contributed by atoms with Gasteiger partial charge < -0.3 is 20.1 Å². The zero-order valence-electron chi connectivity index (χ0n) is 7.28. The molecule has 4 nitrogen and oxygen atoms in total. The van der Waals surface area contributed by atoms with Gasteiger partial charge in [0.15, 0.2) is 0 Å².